The summed E-state index contributed by atoms with van der Waals surface area (Å²) in [4.78, 5) is 16.1. The van der Waals surface area contributed by atoms with Crippen molar-refractivity contribution in [2.75, 3.05) is 49.5 Å². The van der Waals surface area contributed by atoms with E-state index in [-0.39, 0.29) is 11.6 Å². The third kappa shape index (κ3) is 4.04. The third-order valence-corrected chi connectivity index (χ3v) is 7.92. The number of hydrogen-bond acceptors (Lipinski definition) is 9. The molecule has 6 rings (SSSR count). The molecule has 0 aliphatic carbocycles. The van der Waals surface area contributed by atoms with Crippen molar-refractivity contribution < 1.29 is 14.1 Å². The average molecular weight is 477 g/mol. The Kier molecular flexibility index (Phi) is 5.64. The molecule has 9 nitrogen and oxygen atoms in total. The molecule has 2 aromatic rings. The van der Waals surface area contributed by atoms with Crippen LogP contribution in [0.1, 0.15) is 24.0 Å². The number of alkyl halides is 1. The Morgan fingerprint density at radius 2 is 2.20 bits per heavy atom. The summed E-state index contributed by atoms with van der Waals surface area (Å²) in [5.74, 6) is 1.33. The lowest BCUT2D eigenvalue weighted by molar-refractivity contribution is -0.000627. The van der Waals surface area contributed by atoms with Crippen LogP contribution in [0, 0.1) is 18.3 Å². The Labute approximate surface area is 204 Å². The summed E-state index contributed by atoms with van der Waals surface area (Å²) >= 11 is 0. The molecule has 0 amide bonds. The van der Waals surface area contributed by atoms with E-state index in [1.165, 1.54) is 0 Å². The highest BCUT2D eigenvalue weighted by Gasteiger charge is 2.51. The van der Waals surface area contributed by atoms with Gasteiger partial charge in [0.1, 0.15) is 12.0 Å². The quantitative estimate of drug-likeness (QED) is 0.610. The lowest BCUT2D eigenvalue weighted by atomic mass is 9.79. The molecule has 2 N–H and O–H groups in total. The zero-order valence-electron chi connectivity index (χ0n) is 19.8. The number of nitrogens with one attached hydrogen (secondary N) is 1. The summed E-state index contributed by atoms with van der Waals surface area (Å²) < 4.78 is 19.2. The predicted molar refractivity (Wildman–Crippen MR) is 131 cm³/mol. The lowest BCUT2D eigenvalue weighted by Gasteiger charge is -2.58. The molecule has 11 heteroatoms. The number of hydrogen-bond donors (Lipinski definition) is 2. The van der Waals surface area contributed by atoms with Crippen LogP contribution in [0.15, 0.2) is 24.4 Å². The van der Waals surface area contributed by atoms with Crippen LogP contribution in [0.4, 0.5) is 21.8 Å². The first kappa shape index (κ1) is 22.7. The zero-order chi connectivity index (χ0) is 24.2. The highest BCUT2D eigenvalue weighted by Crippen LogP contribution is 2.38. The highest BCUT2D eigenvalue weighted by atomic mass is 19.1. The molecule has 1 aromatic carbocycles. The molecular formula is C24H29BFN7O2. The van der Waals surface area contributed by atoms with Crippen LogP contribution < -0.4 is 15.7 Å². The number of halogens is 1. The Morgan fingerprint density at radius 1 is 1.34 bits per heavy atom. The van der Waals surface area contributed by atoms with Crippen LogP contribution in [0.25, 0.3) is 0 Å². The molecule has 1 aromatic heterocycles. The number of aryl methyl sites for hydroxylation is 1. The second kappa shape index (κ2) is 8.71. The van der Waals surface area contributed by atoms with Crippen molar-refractivity contribution >= 4 is 30.0 Å². The topological polar surface area (TPSA) is 101 Å². The number of benzene rings is 1. The number of nitriles is 1. The maximum Gasteiger partial charge on any atom is 0.491 e. The fourth-order valence-corrected chi connectivity index (χ4v) is 6.03. The largest absolute Gasteiger partial charge is 0.491 e. The smallest absolute Gasteiger partial charge is 0.423 e. The number of nitrogens with zero attached hydrogens (tertiary/aromatic N) is 6. The van der Waals surface area contributed by atoms with Gasteiger partial charge in [-0.3, -0.25) is 9.80 Å². The molecule has 182 valence electrons. The first-order chi connectivity index (χ1) is 16.9. The van der Waals surface area contributed by atoms with Gasteiger partial charge in [-0.25, -0.2) is 9.37 Å². The predicted octanol–water partition coefficient (Wildman–Crippen LogP) is 0.947. The van der Waals surface area contributed by atoms with Crippen molar-refractivity contribution in [2.45, 2.75) is 44.1 Å². The molecule has 3 fully saturated rings. The molecule has 2 atom stereocenters. The van der Waals surface area contributed by atoms with Gasteiger partial charge < -0.3 is 19.9 Å². The van der Waals surface area contributed by atoms with Gasteiger partial charge in [0.05, 0.1) is 24.6 Å². The molecule has 0 saturated carbocycles. The number of anilines is 3. The summed E-state index contributed by atoms with van der Waals surface area (Å²) in [7, 11) is -0.905. The van der Waals surface area contributed by atoms with Gasteiger partial charge in [-0.2, -0.15) is 10.2 Å². The molecule has 0 radical (unpaired) electrons. The van der Waals surface area contributed by atoms with E-state index in [0.717, 1.165) is 47.7 Å². The summed E-state index contributed by atoms with van der Waals surface area (Å²) in [5, 5.41) is 22.8. The second-order valence-electron chi connectivity index (χ2n) is 10.2. The summed E-state index contributed by atoms with van der Waals surface area (Å²) in [6.45, 7) is 6.91. The summed E-state index contributed by atoms with van der Waals surface area (Å²) in [6.07, 6.45) is 2.11. The number of fused-ring (bicyclic) bond motifs is 2. The first-order valence-electron chi connectivity index (χ1n) is 12.2. The van der Waals surface area contributed by atoms with Gasteiger partial charge >= 0.3 is 7.12 Å². The van der Waals surface area contributed by atoms with Gasteiger partial charge in [-0.1, -0.05) is 6.07 Å². The van der Waals surface area contributed by atoms with Crippen molar-refractivity contribution in [3.05, 3.63) is 35.5 Å². The molecule has 0 unspecified atom stereocenters. The Morgan fingerprint density at radius 3 is 3.03 bits per heavy atom. The van der Waals surface area contributed by atoms with E-state index in [0.29, 0.717) is 45.0 Å². The van der Waals surface area contributed by atoms with Gasteiger partial charge in [-0.15, -0.1) is 0 Å². The van der Waals surface area contributed by atoms with E-state index in [1.807, 2.05) is 25.1 Å². The van der Waals surface area contributed by atoms with Crippen LogP contribution in [0.2, 0.25) is 0 Å². The second-order valence-corrected chi connectivity index (χ2v) is 10.2. The molecule has 5 heterocycles. The number of piperazine rings is 1. The van der Waals surface area contributed by atoms with Crippen LogP contribution >= 0.6 is 0 Å². The minimum Gasteiger partial charge on any atom is -0.423 e. The maximum absolute atomic E-state index is 13.9. The minimum atomic E-state index is -0.905. The lowest BCUT2D eigenvalue weighted by Crippen LogP contribution is -2.73. The van der Waals surface area contributed by atoms with Gasteiger partial charge in [0, 0.05) is 62.8 Å². The molecule has 0 spiro atoms. The fraction of sp³-hybridized carbons (Fsp3) is 0.542. The zero-order valence-corrected chi connectivity index (χ0v) is 19.8. The summed E-state index contributed by atoms with van der Waals surface area (Å²) in [6, 6.07) is 8.37. The van der Waals surface area contributed by atoms with E-state index >= 15 is 0 Å². The van der Waals surface area contributed by atoms with E-state index in [1.54, 1.807) is 6.20 Å². The first-order valence-corrected chi connectivity index (χ1v) is 12.2. The molecular weight excluding hydrogens is 448 g/mol. The maximum atomic E-state index is 13.9. The van der Waals surface area contributed by atoms with E-state index in [9.17, 15) is 14.7 Å². The van der Waals surface area contributed by atoms with Crippen molar-refractivity contribution in [2.24, 2.45) is 0 Å². The van der Waals surface area contributed by atoms with Crippen molar-refractivity contribution in [1.29, 1.82) is 5.26 Å². The Balaban J connectivity index is 1.17. The minimum absolute atomic E-state index is 0.226. The average Bonchev–Trinajstić information content (AvgIpc) is 3.38. The summed E-state index contributed by atoms with van der Waals surface area (Å²) in [5.41, 5.74) is 3.26. The Hall–Kier alpha value is -2.78. The van der Waals surface area contributed by atoms with Crippen LogP contribution in [0.5, 0.6) is 0 Å². The Bertz CT molecular complexity index is 1170. The molecule has 3 saturated heterocycles. The molecule has 4 aliphatic heterocycles. The van der Waals surface area contributed by atoms with Crippen molar-refractivity contribution in [3.8, 4) is 6.07 Å². The molecule has 35 heavy (non-hydrogen) atoms. The third-order valence-electron chi connectivity index (χ3n) is 7.92. The number of rotatable bonds is 5. The number of aromatic nitrogens is 2. The van der Waals surface area contributed by atoms with Crippen molar-refractivity contribution in [1.82, 2.24) is 19.8 Å². The van der Waals surface area contributed by atoms with E-state index in [4.69, 9.17) is 9.64 Å². The molecule has 0 bridgehead atoms. The van der Waals surface area contributed by atoms with Crippen LogP contribution in [0.3, 0.4) is 0 Å². The van der Waals surface area contributed by atoms with Gasteiger partial charge in [0.25, 0.3) is 0 Å². The SMILES string of the molecule is Cc1cnc(Nc2ccc3c(c2)B(O)OC3)nc1N1CC(CC#N)(N2CCN3C[C@H](F)C[C@H]3C2)C1. The highest BCUT2D eigenvalue weighted by molar-refractivity contribution is 6.61. The fourth-order valence-electron chi connectivity index (χ4n) is 6.03. The van der Waals surface area contributed by atoms with Gasteiger partial charge in [0.2, 0.25) is 5.95 Å². The monoisotopic (exact) mass is 477 g/mol. The standard InChI is InChI=1S/C24H29BFN7O2/c1-16-10-28-23(29-19-3-2-17-13-35-25(34)21(17)9-19)30-22(16)32-14-24(15-32,4-5-27)33-7-6-31-11-18(26)8-20(31)12-33/h2-3,9-10,18,20,34H,4,6-8,11-15H2,1H3,(H,28,29,30)/t18-,20+/m1/s1. The van der Waals surface area contributed by atoms with Crippen LogP contribution in [-0.2, 0) is 11.3 Å². The van der Waals surface area contributed by atoms with Crippen molar-refractivity contribution in [3.63, 3.8) is 0 Å². The van der Waals surface area contributed by atoms with E-state index in [2.05, 4.69) is 31.1 Å². The van der Waals surface area contributed by atoms with E-state index < -0.39 is 13.3 Å². The normalized spacial score (nSPS) is 25.7. The molecule has 4 aliphatic rings. The van der Waals surface area contributed by atoms with Gasteiger partial charge in [0.15, 0.2) is 0 Å². The van der Waals surface area contributed by atoms with Crippen LogP contribution in [-0.4, -0.2) is 88.9 Å². The van der Waals surface area contributed by atoms with Gasteiger partial charge in [-0.05, 0) is 36.5 Å².